The van der Waals surface area contributed by atoms with E-state index < -0.39 is 30.8 Å². The fourth-order valence-electron chi connectivity index (χ4n) is 2.47. The number of carbonyl (C=O) groups excluding carboxylic acids is 2. The maximum absolute atomic E-state index is 13.2. The van der Waals surface area contributed by atoms with Crippen molar-refractivity contribution in [3.8, 4) is 0 Å². The van der Waals surface area contributed by atoms with E-state index in [-0.39, 0.29) is 18.3 Å². The van der Waals surface area contributed by atoms with Gasteiger partial charge in [0.15, 0.2) is 0 Å². The molecule has 0 saturated carbocycles. The quantitative estimate of drug-likeness (QED) is 0.754. The molecule has 5 nitrogen and oxygen atoms in total. The zero-order valence-corrected chi connectivity index (χ0v) is 14.4. The SMILES string of the molecule is CCCC(=O)Nc1cccc(NC(=O)C2CC(F)(F)CN2)c1C.Cl. The molecule has 2 rings (SSSR count). The molecule has 0 aliphatic carbocycles. The Labute approximate surface area is 146 Å². The van der Waals surface area contributed by atoms with Gasteiger partial charge in [-0.3, -0.25) is 14.9 Å². The first kappa shape index (κ1) is 20.3. The van der Waals surface area contributed by atoms with Crippen LogP contribution < -0.4 is 16.0 Å². The molecule has 1 aromatic carbocycles. The fraction of sp³-hybridized carbons (Fsp3) is 0.500. The van der Waals surface area contributed by atoms with Gasteiger partial charge in [-0.2, -0.15) is 0 Å². The summed E-state index contributed by atoms with van der Waals surface area (Å²) in [5.41, 5.74) is 1.79. The zero-order valence-electron chi connectivity index (χ0n) is 13.6. The average Bonchev–Trinajstić information content (AvgIpc) is 2.84. The largest absolute Gasteiger partial charge is 0.326 e. The zero-order chi connectivity index (χ0) is 17.0. The van der Waals surface area contributed by atoms with Crippen LogP contribution in [-0.4, -0.2) is 30.3 Å². The minimum Gasteiger partial charge on any atom is -0.326 e. The van der Waals surface area contributed by atoms with Gasteiger partial charge in [-0.1, -0.05) is 13.0 Å². The molecule has 24 heavy (non-hydrogen) atoms. The van der Waals surface area contributed by atoms with Gasteiger partial charge in [0.1, 0.15) is 0 Å². The van der Waals surface area contributed by atoms with Crippen molar-refractivity contribution >= 4 is 35.6 Å². The second-order valence-electron chi connectivity index (χ2n) is 5.76. The lowest BCUT2D eigenvalue weighted by molar-refractivity contribution is -0.118. The van der Waals surface area contributed by atoms with Crippen molar-refractivity contribution in [3.63, 3.8) is 0 Å². The first-order valence-corrected chi connectivity index (χ1v) is 7.64. The Morgan fingerprint density at radius 3 is 2.46 bits per heavy atom. The standard InChI is InChI=1S/C16H21F2N3O2.ClH/c1-3-5-14(22)20-11-6-4-7-12(10(11)2)21-15(23)13-8-16(17,18)9-19-13;/h4,6-7,13,19H,3,5,8-9H2,1-2H3,(H,20,22)(H,21,23);1H. The van der Waals surface area contributed by atoms with E-state index in [0.717, 1.165) is 6.42 Å². The van der Waals surface area contributed by atoms with Gasteiger partial charge >= 0.3 is 0 Å². The monoisotopic (exact) mass is 361 g/mol. The molecule has 0 radical (unpaired) electrons. The Balaban J connectivity index is 0.00000288. The van der Waals surface area contributed by atoms with Crippen molar-refractivity contribution in [2.24, 2.45) is 0 Å². The van der Waals surface area contributed by atoms with Crippen LogP contribution in [-0.2, 0) is 9.59 Å². The van der Waals surface area contributed by atoms with Crippen LogP contribution in [0.15, 0.2) is 18.2 Å². The van der Waals surface area contributed by atoms with Crippen molar-refractivity contribution in [3.05, 3.63) is 23.8 Å². The molecule has 1 aliphatic heterocycles. The fourth-order valence-corrected chi connectivity index (χ4v) is 2.47. The van der Waals surface area contributed by atoms with Gasteiger partial charge in [0, 0.05) is 24.2 Å². The summed E-state index contributed by atoms with van der Waals surface area (Å²) in [6, 6.07) is 4.19. The number of hydrogen-bond donors (Lipinski definition) is 3. The number of hydrogen-bond acceptors (Lipinski definition) is 3. The number of anilines is 2. The summed E-state index contributed by atoms with van der Waals surface area (Å²) in [7, 11) is 0. The number of alkyl halides is 2. The summed E-state index contributed by atoms with van der Waals surface area (Å²) in [5, 5.41) is 7.95. The van der Waals surface area contributed by atoms with E-state index in [1.165, 1.54) is 0 Å². The third kappa shape index (κ3) is 5.14. The Morgan fingerprint density at radius 1 is 1.29 bits per heavy atom. The lowest BCUT2D eigenvalue weighted by atomic mass is 10.1. The molecule has 1 heterocycles. The first-order valence-electron chi connectivity index (χ1n) is 7.64. The summed E-state index contributed by atoms with van der Waals surface area (Å²) in [6.45, 7) is 3.18. The van der Waals surface area contributed by atoms with Gasteiger partial charge in [-0.05, 0) is 31.0 Å². The number of rotatable bonds is 5. The molecule has 1 aromatic rings. The Kier molecular flexibility index (Phi) is 7.10. The molecule has 3 N–H and O–H groups in total. The van der Waals surface area contributed by atoms with Crippen LogP contribution in [0.4, 0.5) is 20.2 Å². The smallest absolute Gasteiger partial charge is 0.262 e. The van der Waals surface area contributed by atoms with E-state index >= 15 is 0 Å². The lowest BCUT2D eigenvalue weighted by Gasteiger charge is -2.15. The topological polar surface area (TPSA) is 70.2 Å². The van der Waals surface area contributed by atoms with E-state index in [1.807, 2.05) is 6.92 Å². The van der Waals surface area contributed by atoms with Gasteiger partial charge < -0.3 is 10.6 Å². The van der Waals surface area contributed by atoms with E-state index in [4.69, 9.17) is 0 Å². The van der Waals surface area contributed by atoms with Crippen molar-refractivity contribution in [1.29, 1.82) is 0 Å². The highest BCUT2D eigenvalue weighted by Crippen LogP contribution is 2.27. The lowest BCUT2D eigenvalue weighted by Crippen LogP contribution is -2.35. The van der Waals surface area contributed by atoms with E-state index in [2.05, 4.69) is 16.0 Å². The van der Waals surface area contributed by atoms with Crippen molar-refractivity contribution < 1.29 is 18.4 Å². The van der Waals surface area contributed by atoms with Crippen LogP contribution in [0.5, 0.6) is 0 Å². The predicted molar refractivity (Wildman–Crippen MR) is 91.9 cm³/mol. The van der Waals surface area contributed by atoms with Gasteiger partial charge in [0.25, 0.3) is 5.92 Å². The number of nitrogens with one attached hydrogen (secondary N) is 3. The molecule has 0 bridgehead atoms. The number of amides is 2. The molecule has 8 heteroatoms. The highest BCUT2D eigenvalue weighted by Gasteiger charge is 2.42. The Morgan fingerprint density at radius 2 is 1.92 bits per heavy atom. The number of halogens is 3. The summed E-state index contributed by atoms with van der Waals surface area (Å²) >= 11 is 0. The predicted octanol–water partition coefficient (Wildman–Crippen LogP) is 3.09. The second-order valence-corrected chi connectivity index (χ2v) is 5.76. The van der Waals surface area contributed by atoms with Gasteiger partial charge in [0.2, 0.25) is 11.8 Å². The van der Waals surface area contributed by atoms with E-state index in [9.17, 15) is 18.4 Å². The molecular formula is C16H22ClF2N3O2. The Hall–Kier alpha value is -1.73. The van der Waals surface area contributed by atoms with Crippen LogP contribution in [0.3, 0.4) is 0 Å². The third-order valence-electron chi connectivity index (χ3n) is 3.77. The molecule has 1 fully saturated rings. The maximum atomic E-state index is 13.2. The Bertz CT molecular complexity index is 611. The highest BCUT2D eigenvalue weighted by atomic mass is 35.5. The minimum atomic E-state index is -2.85. The van der Waals surface area contributed by atoms with Crippen molar-refractivity contribution in [2.45, 2.75) is 45.1 Å². The van der Waals surface area contributed by atoms with Crippen LogP contribution in [0.2, 0.25) is 0 Å². The second kappa shape index (κ2) is 8.39. The third-order valence-corrected chi connectivity index (χ3v) is 3.77. The normalized spacial score (nSPS) is 18.6. The summed E-state index contributed by atoms with van der Waals surface area (Å²) in [6.07, 6.45) is 0.644. The number of carbonyl (C=O) groups is 2. The van der Waals surface area contributed by atoms with Crippen LogP contribution in [0, 0.1) is 6.92 Å². The van der Waals surface area contributed by atoms with Gasteiger partial charge in [-0.15, -0.1) is 12.4 Å². The maximum Gasteiger partial charge on any atom is 0.262 e. The van der Waals surface area contributed by atoms with Crippen LogP contribution >= 0.6 is 12.4 Å². The molecule has 134 valence electrons. The highest BCUT2D eigenvalue weighted by molar-refractivity contribution is 5.98. The summed E-state index contributed by atoms with van der Waals surface area (Å²) < 4.78 is 26.3. The molecule has 0 spiro atoms. The molecule has 1 saturated heterocycles. The van der Waals surface area contributed by atoms with Crippen LogP contribution in [0.25, 0.3) is 0 Å². The van der Waals surface area contributed by atoms with E-state index in [1.54, 1.807) is 25.1 Å². The van der Waals surface area contributed by atoms with E-state index in [0.29, 0.717) is 23.4 Å². The molecule has 1 atom stereocenters. The summed E-state index contributed by atoms with van der Waals surface area (Å²) in [4.78, 5) is 23.8. The number of benzene rings is 1. The molecule has 2 amide bonds. The minimum absolute atomic E-state index is 0. The van der Waals surface area contributed by atoms with Crippen molar-refractivity contribution in [1.82, 2.24) is 5.32 Å². The average molecular weight is 362 g/mol. The molecule has 1 aliphatic rings. The first-order chi connectivity index (χ1) is 10.8. The van der Waals surface area contributed by atoms with Gasteiger partial charge in [0.05, 0.1) is 12.6 Å². The molecule has 1 unspecified atom stereocenters. The molecular weight excluding hydrogens is 340 g/mol. The summed E-state index contributed by atoms with van der Waals surface area (Å²) in [5.74, 6) is -3.45. The van der Waals surface area contributed by atoms with Gasteiger partial charge in [-0.25, -0.2) is 8.78 Å². The molecule has 0 aromatic heterocycles. The van der Waals surface area contributed by atoms with Crippen molar-refractivity contribution in [2.75, 3.05) is 17.2 Å². The van der Waals surface area contributed by atoms with Crippen LogP contribution in [0.1, 0.15) is 31.7 Å².